The van der Waals surface area contributed by atoms with Gasteiger partial charge in [0.2, 0.25) is 5.91 Å². The number of halogens is 2. The highest BCUT2D eigenvalue weighted by atomic mass is 32.1. The summed E-state index contributed by atoms with van der Waals surface area (Å²) in [6, 6.07) is 4.66. The molecule has 1 aliphatic rings. The maximum absolute atomic E-state index is 13.9. The van der Waals surface area contributed by atoms with Crippen LogP contribution in [0.1, 0.15) is 26.3 Å². The largest absolute Gasteiger partial charge is 0.477 e. The van der Waals surface area contributed by atoms with Crippen molar-refractivity contribution in [2.75, 3.05) is 12.0 Å². The fourth-order valence-corrected chi connectivity index (χ4v) is 3.36. The minimum Gasteiger partial charge on any atom is -0.477 e. The first-order valence-electron chi connectivity index (χ1n) is 8.16. The maximum Gasteiger partial charge on any atom is 0.261 e. The van der Waals surface area contributed by atoms with E-state index in [0.29, 0.717) is 23.0 Å². The first kappa shape index (κ1) is 19.0. The van der Waals surface area contributed by atoms with E-state index in [2.05, 4.69) is 5.32 Å². The van der Waals surface area contributed by atoms with Gasteiger partial charge in [-0.25, -0.2) is 8.78 Å². The minimum absolute atomic E-state index is 0.107. The number of amides is 2. The number of carbonyl (C=O) groups is 2. The van der Waals surface area contributed by atoms with E-state index >= 15 is 0 Å². The predicted molar refractivity (Wildman–Crippen MR) is 98.8 cm³/mol. The van der Waals surface area contributed by atoms with Crippen LogP contribution < -0.4 is 5.32 Å². The molecule has 0 unspecified atom stereocenters. The lowest BCUT2D eigenvalue weighted by atomic mass is 9.97. The van der Waals surface area contributed by atoms with Crippen LogP contribution in [0.25, 0.3) is 5.57 Å². The molecule has 0 radical (unpaired) electrons. The van der Waals surface area contributed by atoms with Crippen LogP contribution in [-0.4, -0.2) is 29.0 Å². The third kappa shape index (κ3) is 3.57. The van der Waals surface area contributed by atoms with E-state index in [1.54, 1.807) is 13.0 Å². The Balaban J connectivity index is 1.86. The lowest BCUT2D eigenvalue weighted by Crippen LogP contribution is -2.57. The topological polar surface area (TPSA) is 58.6 Å². The van der Waals surface area contributed by atoms with Gasteiger partial charge in [0.1, 0.15) is 22.9 Å². The Bertz CT molecular complexity index is 923. The normalized spacial score (nSPS) is 15.0. The monoisotopic (exact) mass is 392 g/mol. The second-order valence-electron chi connectivity index (χ2n) is 6.59. The molecule has 0 saturated carbocycles. The molecule has 3 rings (SSSR count). The van der Waals surface area contributed by atoms with E-state index in [0.717, 1.165) is 12.1 Å². The lowest BCUT2D eigenvalue weighted by molar-refractivity contribution is -0.147. The third-order valence-electron chi connectivity index (χ3n) is 4.44. The molecule has 8 heteroatoms. The van der Waals surface area contributed by atoms with Crippen molar-refractivity contribution >= 4 is 34.4 Å². The molecule has 27 heavy (non-hydrogen) atoms. The average molecular weight is 392 g/mol. The summed E-state index contributed by atoms with van der Waals surface area (Å²) in [6.07, 6.45) is 0. The Morgan fingerprint density at radius 2 is 2.04 bits per heavy atom. The molecule has 0 bridgehead atoms. The number of benzene rings is 1. The van der Waals surface area contributed by atoms with Gasteiger partial charge in [-0.3, -0.25) is 14.5 Å². The standard InChI is InChI=1S/C19H18F2N2O3S/c1-11-16(12-6-7-27-9-12)17(24)23(10-26-11)19(2,3)18(25)22-15-5-4-13(20)8-14(15)21/h4-9H,10H2,1-3H3,(H,22,25). The Hall–Kier alpha value is -2.74. The zero-order valence-corrected chi connectivity index (χ0v) is 15.8. The van der Waals surface area contributed by atoms with E-state index in [1.807, 2.05) is 10.8 Å². The van der Waals surface area contributed by atoms with Crippen LogP contribution in [0, 0.1) is 11.6 Å². The van der Waals surface area contributed by atoms with Crippen LogP contribution in [-0.2, 0) is 14.3 Å². The number of hydrogen-bond acceptors (Lipinski definition) is 4. The molecule has 0 atom stereocenters. The zero-order valence-electron chi connectivity index (χ0n) is 15.0. The number of carbonyl (C=O) groups excluding carboxylic acids is 2. The van der Waals surface area contributed by atoms with E-state index in [9.17, 15) is 18.4 Å². The summed E-state index contributed by atoms with van der Waals surface area (Å²) < 4.78 is 32.5. The van der Waals surface area contributed by atoms with Gasteiger partial charge in [-0.15, -0.1) is 0 Å². The predicted octanol–water partition coefficient (Wildman–Crippen LogP) is 3.99. The van der Waals surface area contributed by atoms with Crippen LogP contribution in [0.4, 0.5) is 14.5 Å². The Morgan fingerprint density at radius 1 is 1.30 bits per heavy atom. The summed E-state index contributed by atoms with van der Waals surface area (Å²) >= 11 is 1.44. The highest BCUT2D eigenvalue weighted by Crippen LogP contribution is 2.32. The molecule has 1 aromatic carbocycles. The summed E-state index contributed by atoms with van der Waals surface area (Å²) in [4.78, 5) is 27.1. The molecular formula is C19H18F2N2O3S. The molecule has 0 aliphatic carbocycles. The maximum atomic E-state index is 13.9. The minimum atomic E-state index is -1.33. The zero-order chi connectivity index (χ0) is 19.8. The number of ether oxygens (including phenoxy) is 1. The van der Waals surface area contributed by atoms with Gasteiger partial charge >= 0.3 is 0 Å². The number of allylic oxidation sites excluding steroid dienone is 1. The molecule has 5 nitrogen and oxygen atoms in total. The summed E-state index contributed by atoms with van der Waals surface area (Å²) in [5.74, 6) is -2.12. The van der Waals surface area contributed by atoms with Crippen molar-refractivity contribution in [1.82, 2.24) is 4.90 Å². The van der Waals surface area contributed by atoms with Crippen molar-refractivity contribution in [3.63, 3.8) is 0 Å². The molecule has 1 N–H and O–H groups in total. The molecule has 0 spiro atoms. The number of thiophene rings is 1. The molecule has 1 aliphatic heterocycles. The fraction of sp³-hybridized carbons (Fsp3) is 0.263. The smallest absolute Gasteiger partial charge is 0.261 e. The van der Waals surface area contributed by atoms with Gasteiger partial charge in [0.05, 0.1) is 11.3 Å². The molecule has 1 aromatic heterocycles. The average Bonchev–Trinajstić information content (AvgIpc) is 3.11. The van der Waals surface area contributed by atoms with E-state index < -0.39 is 23.1 Å². The van der Waals surface area contributed by atoms with Crippen molar-refractivity contribution in [3.05, 3.63) is 58.0 Å². The first-order valence-corrected chi connectivity index (χ1v) is 9.11. The second-order valence-corrected chi connectivity index (χ2v) is 7.37. The molecule has 2 heterocycles. The molecule has 2 amide bonds. The highest BCUT2D eigenvalue weighted by Gasteiger charge is 2.42. The van der Waals surface area contributed by atoms with Crippen molar-refractivity contribution in [1.29, 1.82) is 0 Å². The molecule has 2 aromatic rings. The van der Waals surface area contributed by atoms with Gasteiger partial charge in [-0.05, 0) is 49.7 Å². The van der Waals surface area contributed by atoms with Crippen molar-refractivity contribution in [2.45, 2.75) is 26.3 Å². The fourth-order valence-electron chi connectivity index (χ4n) is 2.72. The summed E-state index contributed by atoms with van der Waals surface area (Å²) in [7, 11) is 0. The Labute approximate surface area is 159 Å². The number of rotatable bonds is 4. The summed E-state index contributed by atoms with van der Waals surface area (Å²) in [6.45, 7) is 4.67. The third-order valence-corrected chi connectivity index (χ3v) is 5.12. The highest BCUT2D eigenvalue weighted by molar-refractivity contribution is 7.08. The van der Waals surface area contributed by atoms with Gasteiger partial charge in [-0.1, -0.05) is 0 Å². The van der Waals surface area contributed by atoms with Crippen LogP contribution in [0.3, 0.4) is 0 Å². The van der Waals surface area contributed by atoms with Gasteiger partial charge in [0, 0.05) is 11.6 Å². The van der Waals surface area contributed by atoms with Crippen molar-refractivity contribution in [3.8, 4) is 0 Å². The number of nitrogens with zero attached hydrogens (tertiary/aromatic N) is 1. The van der Waals surface area contributed by atoms with E-state index in [1.165, 1.54) is 30.1 Å². The van der Waals surface area contributed by atoms with Crippen LogP contribution >= 0.6 is 11.3 Å². The molecular weight excluding hydrogens is 374 g/mol. The Kier molecular flexibility index (Phi) is 5.01. The molecule has 0 saturated heterocycles. The van der Waals surface area contributed by atoms with E-state index in [-0.39, 0.29) is 18.3 Å². The van der Waals surface area contributed by atoms with Crippen LogP contribution in [0.5, 0.6) is 0 Å². The SMILES string of the molecule is CC1=C(c2ccsc2)C(=O)N(C(C)(C)C(=O)Nc2ccc(F)cc2F)CO1. The van der Waals surface area contributed by atoms with E-state index in [4.69, 9.17) is 4.74 Å². The number of anilines is 1. The van der Waals surface area contributed by atoms with Gasteiger partial charge in [0.25, 0.3) is 5.91 Å². The van der Waals surface area contributed by atoms with Crippen LogP contribution in [0.15, 0.2) is 40.8 Å². The van der Waals surface area contributed by atoms with Gasteiger partial charge in [0.15, 0.2) is 6.73 Å². The summed E-state index contributed by atoms with van der Waals surface area (Å²) in [5.41, 5.74) is -0.395. The quantitative estimate of drug-likeness (QED) is 0.856. The van der Waals surface area contributed by atoms with Gasteiger partial charge < -0.3 is 10.1 Å². The van der Waals surface area contributed by atoms with Crippen molar-refractivity contribution in [2.24, 2.45) is 0 Å². The second kappa shape index (κ2) is 7.11. The summed E-state index contributed by atoms with van der Waals surface area (Å²) in [5, 5.41) is 6.08. The number of nitrogens with one attached hydrogen (secondary N) is 1. The first-order chi connectivity index (χ1) is 12.7. The molecule has 142 valence electrons. The van der Waals surface area contributed by atoms with Crippen LogP contribution in [0.2, 0.25) is 0 Å². The molecule has 0 fully saturated rings. The number of hydrogen-bond donors (Lipinski definition) is 1. The lowest BCUT2D eigenvalue weighted by Gasteiger charge is -2.40. The van der Waals surface area contributed by atoms with Crippen molar-refractivity contribution < 1.29 is 23.1 Å². The van der Waals surface area contributed by atoms with Gasteiger partial charge in [-0.2, -0.15) is 11.3 Å². The Morgan fingerprint density at radius 3 is 2.67 bits per heavy atom.